The minimum atomic E-state index is -0.431. The van der Waals surface area contributed by atoms with E-state index >= 15 is 0 Å². The molecule has 0 amide bonds. The van der Waals surface area contributed by atoms with Gasteiger partial charge in [0.25, 0.3) is 11.9 Å². The first-order chi connectivity index (χ1) is 4.54. The van der Waals surface area contributed by atoms with Crippen LogP contribution in [0, 0.1) is 0 Å². The average Bonchev–Trinajstić information content (AvgIpc) is 1.89. The van der Waals surface area contributed by atoms with Gasteiger partial charge in [-0.2, -0.15) is 0 Å². The average molecular weight is 389 g/mol. The molecule has 0 bridgehead atoms. The summed E-state index contributed by atoms with van der Waals surface area (Å²) in [5.74, 6) is -0.861. The van der Waals surface area contributed by atoms with Crippen molar-refractivity contribution in [2.75, 3.05) is 0 Å². The van der Waals surface area contributed by atoms with Crippen molar-refractivity contribution in [3.8, 4) is 0 Å². The molecule has 7 heteroatoms. The van der Waals surface area contributed by atoms with Gasteiger partial charge in [0, 0.05) is 13.8 Å². The minimum Gasteiger partial charge on any atom is -0.592 e. The Labute approximate surface area is 96.4 Å². The van der Waals surface area contributed by atoms with E-state index in [1.54, 1.807) is 0 Å². The normalized spacial score (nSPS) is 10.7. The van der Waals surface area contributed by atoms with Gasteiger partial charge >= 0.3 is 27.3 Å². The summed E-state index contributed by atoms with van der Waals surface area (Å²) in [6.07, 6.45) is 0. The molecule has 0 rings (SSSR count). The summed E-state index contributed by atoms with van der Waals surface area (Å²) < 4.78 is 7.39. The van der Waals surface area contributed by atoms with E-state index in [1.807, 2.05) is 0 Å². The predicted octanol–water partition coefficient (Wildman–Crippen LogP) is -2.87. The first-order valence-corrected chi connectivity index (χ1v) is 2.82. The van der Waals surface area contributed by atoms with Gasteiger partial charge in [0.2, 0.25) is 0 Å². The molecule has 0 aliphatic rings. The molecule has 4 nitrogen and oxygen atoms in total. The summed E-state index contributed by atoms with van der Waals surface area (Å²) in [6, 6.07) is 0. The second-order valence-electron chi connectivity index (χ2n) is 1.15. The van der Waals surface area contributed by atoms with Crippen LogP contribution in [0.15, 0.2) is 0 Å². The van der Waals surface area contributed by atoms with E-state index in [2.05, 4.69) is 33.6 Å². The molecular weight excluding hydrogens is 383 g/mol. The molecule has 0 aromatic heterocycles. The summed E-state index contributed by atoms with van der Waals surface area (Å²) in [5, 5.41) is 19.0. The zero-order valence-electron chi connectivity index (χ0n) is 5.95. The van der Waals surface area contributed by atoms with Gasteiger partial charge in [0.15, 0.2) is 0 Å². The number of rotatable bonds is 0. The van der Waals surface area contributed by atoms with Crippen molar-refractivity contribution >= 4 is 65.1 Å². The second-order valence-corrected chi connectivity index (χ2v) is 1.48. The summed E-state index contributed by atoms with van der Waals surface area (Å²) in [5.41, 5.74) is 0. The molecule has 0 heterocycles. The molecule has 0 unspecified atom stereocenters. The number of hydrogen-bond acceptors (Lipinski definition) is 4. The zero-order chi connectivity index (χ0) is 8.57. The summed E-state index contributed by atoms with van der Waals surface area (Å²) in [4.78, 5) is 0. The fraction of sp³-hybridized carbons (Fsp3) is 0.500. The fourth-order valence-electron chi connectivity index (χ4n) is 0. The Balaban J connectivity index is -0.000000107. The van der Waals surface area contributed by atoms with E-state index in [0.717, 1.165) is 0 Å². The molecule has 0 N–H and O–H groups in total. The Hall–Kier alpha value is 0.302. The van der Waals surface area contributed by atoms with Gasteiger partial charge in [-0.05, 0) is 0 Å². The number of carbonyl (C=O) groups excluding carboxylic acids is 2. The second kappa shape index (κ2) is 12.9. The van der Waals surface area contributed by atoms with Crippen LogP contribution in [0.1, 0.15) is 13.8 Å². The first kappa shape index (κ1) is 17.4. The van der Waals surface area contributed by atoms with Crippen molar-refractivity contribution in [1.29, 1.82) is 0 Å². The van der Waals surface area contributed by atoms with Crippen LogP contribution in [0.5, 0.6) is 0 Å². The summed E-state index contributed by atoms with van der Waals surface area (Å²) >= 11 is 7.65. The van der Waals surface area contributed by atoms with Gasteiger partial charge in [-0.3, -0.25) is 10.2 Å². The number of carboxylic acid groups (broad SMARTS) is 2. The van der Waals surface area contributed by atoms with Crippen LogP contribution in [0.4, 0.5) is 0 Å². The smallest absolute Gasteiger partial charge is 0.592 e. The molecule has 11 heavy (non-hydrogen) atoms. The predicted molar refractivity (Wildman–Crippen MR) is 41.8 cm³/mol. The molecule has 0 fully saturated rings. The maximum absolute atomic E-state index is 9.49. The number of carboxylic acids is 2. The Bertz CT molecular complexity index is 112. The van der Waals surface area contributed by atoms with Crippen LogP contribution >= 0.6 is 0 Å². The molecule has 0 spiro atoms. The Morgan fingerprint density at radius 1 is 1.00 bits per heavy atom. The van der Waals surface area contributed by atoms with Crippen molar-refractivity contribution in [2.24, 2.45) is 0 Å². The van der Waals surface area contributed by atoms with Gasteiger partial charge in [0.1, 0.15) is 0 Å². The maximum Gasteiger partial charge on any atom is 2.00 e. The fourth-order valence-corrected chi connectivity index (χ4v) is 0. The molecule has 0 atom stereocenters. The van der Waals surface area contributed by atoms with Gasteiger partial charge in [-0.25, -0.2) is 0 Å². The SMILES string of the molecule is CC([O-])=[O+][S-].CC([O-])=[O+][S-].[Pb+2]. The van der Waals surface area contributed by atoms with Crippen LogP contribution in [0.25, 0.3) is 0 Å². The third kappa shape index (κ3) is 38.4. The molecule has 0 aliphatic carbocycles. The molecule has 2 radical (unpaired) electrons. The third-order valence-electron chi connectivity index (χ3n) is 0.235. The van der Waals surface area contributed by atoms with E-state index < -0.39 is 11.9 Å². The van der Waals surface area contributed by atoms with Gasteiger partial charge in [0.05, 0.1) is 0 Å². The van der Waals surface area contributed by atoms with Crippen LogP contribution in [0.2, 0.25) is 0 Å². The van der Waals surface area contributed by atoms with Crippen molar-refractivity contribution in [1.82, 2.24) is 0 Å². The van der Waals surface area contributed by atoms with E-state index in [9.17, 15) is 10.2 Å². The van der Waals surface area contributed by atoms with Crippen molar-refractivity contribution in [3.05, 3.63) is 0 Å². The van der Waals surface area contributed by atoms with Crippen molar-refractivity contribution < 1.29 is 18.0 Å². The van der Waals surface area contributed by atoms with E-state index in [0.29, 0.717) is 0 Å². The molecular formula is C4H6O4PbS2. The van der Waals surface area contributed by atoms with E-state index in [4.69, 9.17) is 0 Å². The monoisotopic (exact) mass is 390 g/mol. The molecule has 0 aromatic carbocycles. The minimum absolute atomic E-state index is 0. The van der Waals surface area contributed by atoms with Gasteiger partial charge in [-0.15, -0.1) is 0 Å². The summed E-state index contributed by atoms with van der Waals surface area (Å²) in [7, 11) is 0. The Morgan fingerprint density at radius 3 is 1.09 bits per heavy atom. The van der Waals surface area contributed by atoms with Gasteiger partial charge < -0.3 is 33.6 Å². The number of aliphatic carboxylic acids is 2. The van der Waals surface area contributed by atoms with Crippen LogP contribution < -0.4 is 10.2 Å². The van der Waals surface area contributed by atoms with Crippen molar-refractivity contribution in [2.45, 2.75) is 13.8 Å². The standard InChI is InChI=1S/2C2H4O2S.Pb/c2*1-2(3)4-5;/h2*3H,1H3;/q;;+2/p-2. The zero-order valence-corrected chi connectivity index (χ0v) is 11.5. The molecule has 0 saturated heterocycles. The molecule has 62 valence electrons. The quantitative estimate of drug-likeness (QED) is 0.254. The van der Waals surface area contributed by atoms with Crippen LogP contribution in [0.3, 0.4) is 0 Å². The topological polar surface area (TPSA) is 68.7 Å². The molecule has 0 aliphatic heterocycles. The number of hydrogen-bond donors (Lipinski definition) is 0. The van der Waals surface area contributed by atoms with Gasteiger partial charge in [-0.1, -0.05) is 0 Å². The van der Waals surface area contributed by atoms with E-state index in [1.165, 1.54) is 13.8 Å². The first-order valence-electron chi connectivity index (χ1n) is 2.15. The third-order valence-corrected chi connectivity index (χ3v) is 0.704. The Kier molecular flexibility index (Phi) is 20.5. The van der Waals surface area contributed by atoms with Crippen LogP contribution in [-0.2, 0) is 33.6 Å². The molecule has 0 aromatic rings. The maximum atomic E-state index is 9.49. The molecule has 0 saturated carbocycles. The van der Waals surface area contributed by atoms with Crippen molar-refractivity contribution in [3.63, 3.8) is 0 Å². The Morgan fingerprint density at radius 2 is 1.09 bits per heavy atom. The largest absolute Gasteiger partial charge is 2.00 e. The van der Waals surface area contributed by atoms with E-state index in [-0.39, 0.29) is 27.3 Å². The van der Waals surface area contributed by atoms with Crippen LogP contribution in [-0.4, -0.2) is 39.2 Å². The summed E-state index contributed by atoms with van der Waals surface area (Å²) in [6.45, 7) is 2.51.